The number of pyridine rings is 1. The van der Waals surface area contributed by atoms with E-state index in [2.05, 4.69) is 15.6 Å². The van der Waals surface area contributed by atoms with Crippen molar-refractivity contribution in [3.8, 4) is 5.88 Å². The number of hydrogen-bond acceptors (Lipinski definition) is 3. The van der Waals surface area contributed by atoms with Crippen LogP contribution in [0.2, 0.25) is 5.02 Å². The highest BCUT2D eigenvalue weighted by Crippen LogP contribution is 2.22. The summed E-state index contributed by atoms with van der Waals surface area (Å²) in [6.07, 6.45) is 1.66. The first-order valence-electron chi connectivity index (χ1n) is 6.39. The van der Waals surface area contributed by atoms with Gasteiger partial charge in [-0.05, 0) is 30.2 Å². The Labute approximate surface area is 128 Å². The van der Waals surface area contributed by atoms with E-state index >= 15 is 0 Å². The molecule has 0 aliphatic rings. The number of anilines is 1. The molecule has 0 fully saturated rings. The number of carbonyl (C=O) groups is 1. The first-order valence-corrected chi connectivity index (χ1v) is 6.77. The molecule has 5 nitrogen and oxygen atoms in total. The molecule has 2 N–H and O–H groups in total. The van der Waals surface area contributed by atoms with E-state index in [4.69, 9.17) is 16.3 Å². The van der Waals surface area contributed by atoms with Crippen LogP contribution in [0.5, 0.6) is 5.88 Å². The third-order valence-corrected chi connectivity index (χ3v) is 3.39. The minimum Gasteiger partial charge on any atom is -0.481 e. The summed E-state index contributed by atoms with van der Waals surface area (Å²) in [5.74, 6) is 0.540. The van der Waals surface area contributed by atoms with Gasteiger partial charge in [-0.1, -0.05) is 23.7 Å². The number of rotatable bonds is 4. The SMILES string of the molecule is COc1ccc(CNC(=O)Nc2cccc(Cl)c2C)cn1. The van der Waals surface area contributed by atoms with Crippen molar-refractivity contribution in [3.63, 3.8) is 0 Å². The Morgan fingerprint density at radius 2 is 2.14 bits per heavy atom. The van der Waals surface area contributed by atoms with E-state index in [-0.39, 0.29) is 6.03 Å². The lowest BCUT2D eigenvalue weighted by Gasteiger charge is -2.10. The van der Waals surface area contributed by atoms with E-state index < -0.39 is 0 Å². The Morgan fingerprint density at radius 3 is 2.81 bits per heavy atom. The molecule has 0 saturated heterocycles. The van der Waals surface area contributed by atoms with Crippen LogP contribution in [0.15, 0.2) is 36.5 Å². The number of hydrogen-bond donors (Lipinski definition) is 2. The molecule has 0 spiro atoms. The Kier molecular flexibility index (Phi) is 5.00. The highest BCUT2D eigenvalue weighted by Gasteiger charge is 2.06. The molecule has 1 aromatic heterocycles. The van der Waals surface area contributed by atoms with E-state index in [9.17, 15) is 4.79 Å². The van der Waals surface area contributed by atoms with Crippen molar-refractivity contribution in [3.05, 3.63) is 52.7 Å². The number of methoxy groups -OCH3 is 1. The van der Waals surface area contributed by atoms with Crippen molar-refractivity contribution in [1.29, 1.82) is 0 Å². The summed E-state index contributed by atoms with van der Waals surface area (Å²) in [7, 11) is 1.56. The molecule has 0 radical (unpaired) electrons. The Morgan fingerprint density at radius 1 is 1.33 bits per heavy atom. The van der Waals surface area contributed by atoms with Gasteiger partial charge in [0.15, 0.2) is 0 Å². The quantitative estimate of drug-likeness (QED) is 0.910. The molecule has 1 aromatic carbocycles. The van der Waals surface area contributed by atoms with Crippen LogP contribution in [0.1, 0.15) is 11.1 Å². The summed E-state index contributed by atoms with van der Waals surface area (Å²) in [6, 6.07) is 8.67. The van der Waals surface area contributed by atoms with Gasteiger partial charge in [-0.3, -0.25) is 0 Å². The summed E-state index contributed by atoms with van der Waals surface area (Å²) < 4.78 is 4.97. The van der Waals surface area contributed by atoms with Crippen LogP contribution >= 0.6 is 11.6 Å². The van der Waals surface area contributed by atoms with Gasteiger partial charge in [0.05, 0.1) is 7.11 Å². The lowest BCUT2D eigenvalue weighted by molar-refractivity contribution is 0.251. The largest absolute Gasteiger partial charge is 0.481 e. The minimum absolute atomic E-state index is 0.295. The third-order valence-electron chi connectivity index (χ3n) is 2.98. The van der Waals surface area contributed by atoms with Crippen molar-refractivity contribution < 1.29 is 9.53 Å². The lowest BCUT2D eigenvalue weighted by atomic mass is 10.2. The van der Waals surface area contributed by atoms with Crippen molar-refractivity contribution in [1.82, 2.24) is 10.3 Å². The molecule has 0 saturated carbocycles. The highest BCUT2D eigenvalue weighted by atomic mass is 35.5. The van der Waals surface area contributed by atoms with Gasteiger partial charge in [-0.15, -0.1) is 0 Å². The zero-order valence-corrected chi connectivity index (χ0v) is 12.6. The van der Waals surface area contributed by atoms with Crippen molar-refractivity contribution in [2.45, 2.75) is 13.5 Å². The molecule has 21 heavy (non-hydrogen) atoms. The van der Waals surface area contributed by atoms with Gasteiger partial charge in [0.1, 0.15) is 0 Å². The highest BCUT2D eigenvalue weighted by molar-refractivity contribution is 6.31. The van der Waals surface area contributed by atoms with Crippen LogP contribution < -0.4 is 15.4 Å². The summed E-state index contributed by atoms with van der Waals surface area (Å²) in [5, 5.41) is 6.14. The molecule has 2 amide bonds. The number of urea groups is 1. The van der Waals surface area contributed by atoms with Crippen molar-refractivity contribution in [2.75, 3.05) is 12.4 Å². The van der Waals surface area contributed by atoms with Crippen molar-refractivity contribution in [2.24, 2.45) is 0 Å². The second-order valence-corrected chi connectivity index (χ2v) is 4.84. The van der Waals surface area contributed by atoms with E-state index in [1.165, 1.54) is 0 Å². The summed E-state index contributed by atoms with van der Waals surface area (Å²) in [4.78, 5) is 15.9. The van der Waals surface area contributed by atoms with E-state index in [0.717, 1.165) is 11.1 Å². The fraction of sp³-hybridized carbons (Fsp3) is 0.200. The maximum atomic E-state index is 11.9. The van der Waals surface area contributed by atoms with Crippen LogP contribution in [-0.4, -0.2) is 18.1 Å². The fourth-order valence-corrected chi connectivity index (χ4v) is 1.90. The first kappa shape index (κ1) is 15.1. The smallest absolute Gasteiger partial charge is 0.319 e. The zero-order chi connectivity index (χ0) is 15.2. The van der Waals surface area contributed by atoms with Crippen LogP contribution in [-0.2, 0) is 6.54 Å². The third kappa shape index (κ3) is 4.10. The second-order valence-electron chi connectivity index (χ2n) is 4.43. The average molecular weight is 306 g/mol. The molecule has 2 rings (SSSR count). The summed E-state index contributed by atoms with van der Waals surface area (Å²) in [5.41, 5.74) is 2.40. The van der Waals surface area contributed by atoms with Crippen LogP contribution in [0.3, 0.4) is 0 Å². The Balaban J connectivity index is 1.91. The molecule has 2 aromatic rings. The standard InChI is InChI=1S/C15H16ClN3O2/c1-10-12(16)4-3-5-13(10)19-15(20)18-9-11-6-7-14(21-2)17-8-11/h3-8H,9H2,1-2H3,(H2,18,19,20). The topological polar surface area (TPSA) is 63.2 Å². The molecular formula is C15H16ClN3O2. The lowest BCUT2D eigenvalue weighted by Crippen LogP contribution is -2.28. The van der Waals surface area contributed by atoms with E-state index in [1.807, 2.05) is 13.0 Å². The van der Waals surface area contributed by atoms with E-state index in [0.29, 0.717) is 23.1 Å². The number of ether oxygens (including phenoxy) is 1. The Bertz CT molecular complexity index is 629. The molecule has 0 aliphatic heterocycles. The minimum atomic E-state index is -0.295. The Hall–Kier alpha value is -2.27. The van der Waals surface area contributed by atoms with Gasteiger partial charge in [0.25, 0.3) is 0 Å². The maximum Gasteiger partial charge on any atom is 0.319 e. The monoisotopic (exact) mass is 305 g/mol. The predicted molar refractivity (Wildman–Crippen MR) is 82.8 cm³/mol. The van der Waals surface area contributed by atoms with Crippen LogP contribution in [0.25, 0.3) is 0 Å². The molecule has 0 atom stereocenters. The fourth-order valence-electron chi connectivity index (χ4n) is 1.73. The average Bonchev–Trinajstić information content (AvgIpc) is 2.50. The molecule has 6 heteroatoms. The number of nitrogens with zero attached hydrogens (tertiary/aromatic N) is 1. The van der Waals surface area contributed by atoms with E-state index in [1.54, 1.807) is 37.6 Å². The van der Waals surface area contributed by atoms with Gasteiger partial charge in [0, 0.05) is 29.5 Å². The van der Waals surface area contributed by atoms with Crippen LogP contribution in [0.4, 0.5) is 10.5 Å². The first-order chi connectivity index (χ1) is 10.1. The number of amides is 2. The zero-order valence-electron chi connectivity index (χ0n) is 11.8. The normalized spacial score (nSPS) is 10.0. The number of halogens is 1. The molecule has 0 unspecified atom stereocenters. The van der Waals surface area contributed by atoms with Gasteiger partial charge in [-0.2, -0.15) is 0 Å². The molecular weight excluding hydrogens is 290 g/mol. The van der Waals surface area contributed by atoms with Gasteiger partial charge >= 0.3 is 6.03 Å². The summed E-state index contributed by atoms with van der Waals surface area (Å²) >= 11 is 6.01. The van der Waals surface area contributed by atoms with Gasteiger partial charge in [0.2, 0.25) is 5.88 Å². The van der Waals surface area contributed by atoms with Crippen molar-refractivity contribution >= 4 is 23.3 Å². The predicted octanol–water partition coefficient (Wildman–Crippen LogP) is 3.37. The second kappa shape index (κ2) is 6.95. The number of aromatic nitrogens is 1. The number of nitrogens with one attached hydrogen (secondary N) is 2. The molecule has 1 heterocycles. The van der Waals surface area contributed by atoms with Gasteiger partial charge in [-0.25, -0.2) is 9.78 Å². The number of benzene rings is 1. The summed E-state index contributed by atoms with van der Waals surface area (Å²) in [6.45, 7) is 2.23. The number of carbonyl (C=O) groups excluding carboxylic acids is 1. The van der Waals surface area contributed by atoms with Gasteiger partial charge < -0.3 is 15.4 Å². The molecule has 110 valence electrons. The molecule has 0 aliphatic carbocycles. The molecule has 0 bridgehead atoms. The maximum absolute atomic E-state index is 11.9. The van der Waals surface area contributed by atoms with Crippen LogP contribution in [0, 0.1) is 6.92 Å².